The third kappa shape index (κ3) is 3.97. The number of anilines is 1. The van der Waals surface area contributed by atoms with Crippen LogP contribution in [-0.4, -0.2) is 26.2 Å². The summed E-state index contributed by atoms with van der Waals surface area (Å²) in [6.45, 7) is 0.0992. The van der Waals surface area contributed by atoms with E-state index < -0.39 is 16.1 Å². The van der Waals surface area contributed by atoms with E-state index in [0.29, 0.717) is 11.3 Å². The first-order valence-electron chi connectivity index (χ1n) is 5.96. The Bertz CT molecular complexity index is 495. The van der Waals surface area contributed by atoms with Crippen LogP contribution in [-0.2, 0) is 15.8 Å². The molecule has 6 heteroatoms. The van der Waals surface area contributed by atoms with Crippen molar-refractivity contribution in [2.45, 2.75) is 24.7 Å². The van der Waals surface area contributed by atoms with Gasteiger partial charge in [0.1, 0.15) is 0 Å². The van der Waals surface area contributed by atoms with Crippen molar-refractivity contribution in [1.82, 2.24) is 4.72 Å². The van der Waals surface area contributed by atoms with E-state index in [1.54, 1.807) is 24.3 Å². The molecule has 1 aliphatic carbocycles. The molecule has 0 aromatic heterocycles. The monoisotopic (exact) mass is 270 g/mol. The second-order valence-electron chi connectivity index (χ2n) is 4.75. The van der Waals surface area contributed by atoms with Crippen LogP contribution in [0.3, 0.4) is 0 Å². The summed E-state index contributed by atoms with van der Waals surface area (Å²) >= 11 is 0. The first-order valence-corrected chi connectivity index (χ1v) is 7.61. The predicted molar refractivity (Wildman–Crippen MR) is 70.2 cm³/mol. The lowest BCUT2D eigenvalue weighted by Gasteiger charge is -2.11. The molecule has 18 heavy (non-hydrogen) atoms. The Morgan fingerprint density at radius 1 is 1.33 bits per heavy atom. The fourth-order valence-corrected chi connectivity index (χ4v) is 2.90. The number of nitrogen functional groups attached to an aromatic ring is 1. The van der Waals surface area contributed by atoms with Crippen molar-refractivity contribution in [2.24, 2.45) is 5.92 Å². The molecular formula is C12H18N2O3S. The maximum atomic E-state index is 11.8. The molecule has 1 aliphatic rings. The highest BCUT2D eigenvalue weighted by Crippen LogP contribution is 2.32. The van der Waals surface area contributed by atoms with E-state index in [1.807, 2.05) is 0 Å². The van der Waals surface area contributed by atoms with Crippen molar-refractivity contribution < 1.29 is 13.5 Å². The van der Waals surface area contributed by atoms with Crippen molar-refractivity contribution >= 4 is 15.7 Å². The zero-order valence-corrected chi connectivity index (χ0v) is 10.9. The summed E-state index contributed by atoms with van der Waals surface area (Å²) in [6.07, 6.45) is 1.41. The van der Waals surface area contributed by atoms with E-state index in [0.717, 1.165) is 12.8 Å². The number of aliphatic hydroxyl groups excluding tert-OH is 1. The van der Waals surface area contributed by atoms with Gasteiger partial charge in [0.05, 0.1) is 11.9 Å². The smallest absolute Gasteiger partial charge is 0.215 e. The number of sulfonamides is 1. The highest BCUT2D eigenvalue weighted by atomic mass is 32.2. The van der Waals surface area contributed by atoms with Gasteiger partial charge in [-0.1, -0.05) is 12.1 Å². The molecule has 0 amide bonds. The van der Waals surface area contributed by atoms with Crippen molar-refractivity contribution in [1.29, 1.82) is 0 Å². The van der Waals surface area contributed by atoms with Crippen LogP contribution in [0.1, 0.15) is 18.4 Å². The number of nitrogens with two attached hydrogens (primary N) is 1. The average molecular weight is 270 g/mol. The largest absolute Gasteiger partial charge is 0.399 e. The number of hydrogen-bond donors (Lipinski definition) is 3. The first-order chi connectivity index (χ1) is 8.46. The first kappa shape index (κ1) is 13.3. The zero-order chi connectivity index (χ0) is 13.2. The Hall–Kier alpha value is -1.11. The molecule has 4 N–H and O–H groups in total. The molecule has 5 nitrogen and oxygen atoms in total. The molecule has 100 valence electrons. The van der Waals surface area contributed by atoms with Crippen LogP contribution < -0.4 is 10.5 Å². The fraction of sp³-hybridized carbons (Fsp3) is 0.500. The third-order valence-electron chi connectivity index (χ3n) is 3.01. The van der Waals surface area contributed by atoms with E-state index in [4.69, 9.17) is 5.73 Å². The quantitative estimate of drug-likeness (QED) is 0.655. The number of aliphatic hydroxyl groups is 1. The van der Waals surface area contributed by atoms with E-state index in [-0.39, 0.29) is 18.2 Å². The minimum Gasteiger partial charge on any atom is -0.399 e. The zero-order valence-electron chi connectivity index (χ0n) is 10.0. The Morgan fingerprint density at radius 3 is 2.50 bits per heavy atom. The van der Waals surface area contributed by atoms with Crippen LogP contribution in [0.25, 0.3) is 0 Å². The summed E-state index contributed by atoms with van der Waals surface area (Å²) in [5.74, 6) is 0.175. The predicted octanol–water partition coefficient (Wildman–Crippen LogP) is 0.459. The van der Waals surface area contributed by atoms with Gasteiger partial charge in [-0.25, -0.2) is 13.1 Å². The summed E-state index contributed by atoms with van der Waals surface area (Å²) in [5, 5.41) is 9.61. The molecule has 0 bridgehead atoms. The normalized spacial score (nSPS) is 17.6. The van der Waals surface area contributed by atoms with Gasteiger partial charge in [-0.05, 0) is 36.5 Å². The minimum atomic E-state index is -3.40. The van der Waals surface area contributed by atoms with Crippen LogP contribution in [0.15, 0.2) is 24.3 Å². The molecule has 0 radical (unpaired) electrons. The second-order valence-corrected chi connectivity index (χ2v) is 6.56. The Balaban J connectivity index is 1.88. The van der Waals surface area contributed by atoms with Crippen LogP contribution in [0, 0.1) is 5.92 Å². The molecule has 1 atom stereocenters. The lowest BCUT2D eigenvalue weighted by molar-refractivity contribution is 0.155. The molecule has 1 fully saturated rings. The van der Waals surface area contributed by atoms with Crippen molar-refractivity contribution in [3.63, 3.8) is 0 Å². The molecule has 1 aromatic carbocycles. The molecule has 0 aliphatic heterocycles. The molecule has 0 spiro atoms. The lowest BCUT2D eigenvalue weighted by Crippen LogP contribution is -2.33. The third-order valence-corrected chi connectivity index (χ3v) is 4.33. The number of benzene rings is 1. The maximum Gasteiger partial charge on any atom is 0.215 e. The van der Waals surface area contributed by atoms with Gasteiger partial charge in [-0.2, -0.15) is 0 Å². The summed E-state index contributed by atoms with van der Waals surface area (Å²) in [6, 6.07) is 6.71. The van der Waals surface area contributed by atoms with Gasteiger partial charge in [0.15, 0.2) is 0 Å². The van der Waals surface area contributed by atoms with Gasteiger partial charge in [0.2, 0.25) is 10.0 Å². The van der Waals surface area contributed by atoms with E-state index >= 15 is 0 Å². The fourth-order valence-electron chi connectivity index (χ4n) is 1.74. The second kappa shape index (κ2) is 5.26. The van der Waals surface area contributed by atoms with Crippen molar-refractivity contribution in [2.75, 3.05) is 12.3 Å². The van der Waals surface area contributed by atoms with Crippen molar-refractivity contribution in [3.05, 3.63) is 29.8 Å². The number of hydrogen-bond acceptors (Lipinski definition) is 4. The Morgan fingerprint density at radius 2 is 1.94 bits per heavy atom. The summed E-state index contributed by atoms with van der Waals surface area (Å²) in [5.41, 5.74) is 6.81. The summed E-state index contributed by atoms with van der Waals surface area (Å²) in [7, 11) is -3.40. The highest BCUT2D eigenvalue weighted by Gasteiger charge is 2.30. The topological polar surface area (TPSA) is 92.4 Å². The Kier molecular flexibility index (Phi) is 3.89. The van der Waals surface area contributed by atoms with Gasteiger partial charge in [-0.3, -0.25) is 0 Å². The van der Waals surface area contributed by atoms with E-state index in [2.05, 4.69) is 4.72 Å². The molecule has 1 aromatic rings. The van der Waals surface area contributed by atoms with Crippen LogP contribution in [0.5, 0.6) is 0 Å². The SMILES string of the molecule is Nc1ccc(CS(=O)(=O)NCC(O)C2CC2)cc1. The van der Waals surface area contributed by atoms with Gasteiger partial charge < -0.3 is 10.8 Å². The number of nitrogens with one attached hydrogen (secondary N) is 1. The summed E-state index contributed by atoms with van der Waals surface area (Å²) in [4.78, 5) is 0. The molecule has 1 unspecified atom stereocenters. The van der Waals surface area contributed by atoms with Crippen LogP contribution in [0.2, 0.25) is 0 Å². The average Bonchev–Trinajstić information content (AvgIpc) is 3.13. The van der Waals surface area contributed by atoms with Crippen LogP contribution >= 0.6 is 0 Å². The van der Waals surface area contributed by atoms with Crippen molar-refractivity contribution in [3.8, 4) is 0 Å². The lowest BCUT2D eigenvalue weighted by atomic mass is 10.2. The summed E-state index contributed by atoms with van der Waals surface area (Å²) < 4.78 is 26.0. The van der Waals surface area contributed by atoms with Crippen LogP contribution in [0.4, 0.5) is 5.69 Å². The molecule has 2 rings (SSSR count). The minimum absolute atomic E-state index is 0.0926. The maximum absolute atomic E-state index is 11.8. The molecular weight excluding hydrogens is 252 g/mol. The van der Waals surface area contributed by atoms with Gasteiger partial charge in [0, 0.05) is 12.2 Å². The highest BCUT2D eigenvalue weighted by molar-refractivity contribution is 7.88. The molecule has 0 saturated heterocycles. The molecule has 1 saturated carbocycles. The standard InChI is InChI=1S/C12H18N2O3S/c13-11-5-1-9(2-6-11)8-18(16,17)14-7-12(15)10-3-4-10/h1-2,5-6,10,12,14-15H,3-4,7-8,13H2. The van der Waals surface area contributed by atoms with Gasteiger partial charge >= 0.3 is 0 Å². The number of rotatable bonds is 6. The molecule has 0 heterocycles. The van der Waals surface area contributed by atoms with E-state index in [1.165, 1.54) is 0 Å². The van der Waals surface area contributed by atoms with Gasteiger partial charge in [-0.15, -0.1) is 0 Å². The Labute approximate surface area is 107 Å². The van der Waals surface area contributed by atoms with Gasteiger partial charge in [0.25, 0.3) is 0 Å². The van der Waals surface area contributed by atoms with E-state index in [9.17, 15) is 13.5 Å².